The monoisotopic (exact) mass is 452 g/mol. The van der Waals surface area contributed by atoms with Crippen LogP contribution in [0, 0.1) is 5.92 Å². The number of methoxy groups -OCH3 is 1. The van der Waals surface area contributed by atoms with Crippen LogP contribution in [0.25, 0.3) is 0 Å². The third-order valence-electron chi connectivity index (χ3n) is 6.88. The number of benzene rings is 2. The molecule has 0 saturated carbocycles. The van der Waals surface area contributed by atoms with Crippen LogP contribution in [0.5, 0.6) is 0 Å². The molecule has 2 N–H and O–H groups in total. The second-order valence-corrected chi connectivity index (χ2v) is 8.88. The molecule has 2 unspecified atom stereocenters. The van der Waals surface area contributed by atoms with Gasteiger partial charge in [0.05, 0.1) is 19.8 Å². The topological polar surface area (TPSA) is 88.1 Å². The van der Waals surface area contributed by atoms with Gasteiger partial charge in [-0.3, -0.25) is 10.1 Å². The first kappa shape index (κ1) is 23.3. The predicted octanol–water partition coefficient (Wildman–Crippen LogP) is 3.43. The van der Waals surface area contributed by atoms with Gasteiger partial charge in [0.15, 0.2) is 0 Å². The molecule has 2 aliphatic heterocycles. The van der Waals surface area contributed by atoms with E-state index in [0.717, 1.165) is 24.0 Å². The number of carbonyl (C=O) groups is 2. The Kier molecular flexibility index (Phi) is 7.62. The number of esters is 1. The zero-order valence-electron chi connectivity index (χ0n) is 18.9. The van der Waals surface area contributed by atoms with E-state index in [2.05, 4.69) is 5.32 Å². The van der Waals surface area contributed by atoms with Crippen LogP contribution < -0.4 is 5.32 Å². The molecule has 7 heteroatoms. The van der Waals surface area contributed by atoms with Gasteiger partial charge in [-0.15, -0.1) is 0 Å². The number of hydrogen-bond acceptors (Lipinski definition) is 6. The molecule has 2 aromatic carbocycles. The summed E-state index contributed by atoms with van der Waals surface area (Å²) in [5.41, 5.74) is 1.87. The van der Waals surface area contributed by atoms with Crippen molar-refractivity contribution in [2.75, 3.05) is 13.7 Å². The smallest absolute Gasteiger partial charge is 0.410 e. The van der Waals surface area contributed by atoms with Crippen molar-refractivity contribution in [3.8, 4) is 0 Å². The minimum absolute atomic E-state index is 0.00545. The summed E-state index contributed by atoms with van der Waals surface area (Å²) < 4.78 is 10.7. The molecule has 0 radical (unpaired) electrons. The Labute approximate surface area is 194 Å². The van der Waals surface area contributed by atoms with Crippen LogP contribution in [-0.4, -0.2) is 53.9 Å². The molecule has 2 fully saturated rings. The Bertz CT molecular complexity index is 909. The highest BCUT2D eigenvalue weighted by Crippen LogP contribution is 2.41. The van der Waals surface area contributed by atoms with E-state index in [1.165, 1.54) is 7.11 Å². The fourth-order valence-electron chi connectivity index (χ4n) is 5.26. The number of rotatable bonds is 8. The third-order valence-corrected chi connectivity index (χ3v) is 6.88. The summed E-state index contributed by atoms with van der Waals surface area (Å²) in [6.45, 7) is 0.121. The molecule has 2 aliphatic rings. The van der Waals surface area contributed by atoms with Gasteiger partial charge < -0.3 is 19.5 Å². The normalized spacial score (nSPS) is 23.6. The van der Waals surface area contributed by atoms with Gasteiger partial charge in [-0.05, 0) is 42.7 Å². The molecule has 4 atom stereocenters. The predicted molar refractivity (Wildman–Crippen MR) is 123 cm³/mol. The highest BCUT2D eigenvalue weighted by Gasteiger charge is 2.47. The van der Waals surface area contributed by atoms with Crippen molar-refractivity contribution in [3.05, 3.63) is 71.8 Å². The summed E-state index contributed by atoms with van der Waals surface area (Å²) in [4.78, 5) is 27.5. The Morgan fingerprint density at radius 3 is 2.21 bits per heavy atom. The van der Waals surface area contributed by atoms with Gasteiger partial charge in [-0.2, -0.15) is 0 Å². The molecule has 4 rings (SSSR count). The summed E-state index contributed by atoms with van der Waals surface area (Å²) >= 11 is 0. The number of piperidine rings is 1. The summed E-state index contributed by atoms with van der Waals surface area (Å²) in [6, 6.07) is 18.4. The summed E-state index contributed by atoms with van der Waals surface area (Å²) in [6.07, 6.45) is 2.90. The fraction of sp³-hybridized carbons (Fsp3) is 0.462. The molecule has 0 spiro atoms. The van der Waals surface area contributed by atoms with Gasteiger partial charge in [0.1, 0.15) is 12.6 Å². The zero-order valence-corrected chi connectivity index (χ0v) is 18.9. The molecule has 2 heterocycles. The molecule has 0 aromatic heterocycles. The van der Waals surface area contributed by atoms with Crippen LogP contribution in [0.2, 0.25) is 0 Å². The largest absolute Gasteiger partial charge is 0.468 e. The minimum Gasteiger partial charge on any atom is -0.468 e. The van der Waals surface area contributed by atoms with Crippen LogP contribution in [-0.2, 0) is 20.9 Å². The number of hydrogen-bond donors (Lipinski definition) is 2. The number of aliphatic hydroxyl groups is 1. The molecule has 2 aromatic rings. The van der Waals surface area contributed by atoms with Gasteiger partial charge in [0.2, 0.25) is 0 Å². The summed E-state index contributed by atoms with van der Waals surface area (Å²) in [5.74, 6) is -0.334. The van der Waals surface area contributed by atoms with E-state index in [1.807, 2.05) is 65.6 Å². The van der Waals surface area contributed by atoms with Gasteiger partial charge in [0.25, 0.3) is 0 Å². The summed E-state index contributed by atoms with van der Waals surface area (Å²) in [7, 11) is 1.39. The molecule has 176 valence electrons. The highest BCUT2D eigenvalue weighted by molar-refractivity contribution is 5.76. The lowest BCUT2D eigenvalue weighted by atomic mass is 9.84. The lowest BCUT2D eigenvalue weighted by Crippen LogP contribution is -2.54. The van der Waals surface area contributed by atoms with Crippen molar-refractivity contribution >= 4 is 12.1 Å². The lowest BCUT2D eigenvalue weighted by Gasteiger charge is -2.41. The third kappa shape index (κ3) is 5.37. The average molecular weight is 453 g/mol. The van der Waals surface area contributed by atoms with Crippen molar-refractivity contribution in [2.45, 2.75) is 56.5 Å². The number of ether oxygens (including phenoxy) is 2. The van der Waals surface area contributed by atoms with E-state index in [9.17, 15) is 14.7 Å². The summed E-state index contributed by atoms with van der Waals surface area (Å²) in [5, 5.41) is 13.3. The first-order valence-electron chi connectivity index (χ1n) is 11.6. The maximum atomic E-state index is 12.9. The molecule has 33 heavy (non-hydrogen) atoms. The van der Waals surface area contributed by atoms with Gasteiger partial charge >= 0.3 is 12.1 Å². The number of fused-ring (bicyclic) bond motifs is 2. The van der Waals surface area contributed by atoms with E-state index in [4.69, 9.17) is 9.47 Å². The van der Waals surface area contributed by atoms with Crippen LogP contribution in [0.1, 0.15) is 42.9 Å². The van der Waals surface area contributed by atoms with E-state index in [1.54, 1.807) is 0 Å². The van der Waals surface area contributed by atoms with E-state index < -0.39 is 6.04 Å². The standard InChI is InChI=1S/C26H32N2O5/c1-32-25(30)24(27-23(16-29)19-10-6-3-7-11-19)20-14-21-12-13-22(15-20)28(21)26(31)33-17-18-8-4-2-5-9-18/h2-11,20-24,27,29H,12-17H2,1H3/t20?,21?,22?,23-,24-/m0/s1. The molecule has 0 aliphatic carbocycles. The lowest BCUT2D eigenvalue weighted by molar-refractivity contribution is -0.145. The number of amides is 1. The van der Waals surface area contributed by atoms with Gasteiger partial charge in [0, 0.05) is 12.1 Å². The maximum Gasteiger partial charge on any atom is 0.410 e. The number of nitrogens with zero attached hydrogens (tertiary/aromatic N) is 1. The molecule has 1 amide bonds. The first-order valence-corrected chi connectivity index (χ1v) is 11.6. The van der Waals surface area contributed by atoms with Crippen LogP contribution >= 0.6 is 0 Å². The van der Waals surface area contributed by atoms with Gasteiger partial charge in [-0.25, -0.2) is 4.79 Å². The van der Waals surface area contributed by atoms with E-state index >= 15 is 0 Å². The number of carbonyl (C=O) groups excluding carboxylic acids is 2. The first-order chi connectivity index (χ1) is 16.1. The number of nitrogens with one attached hydrogen (secondary N) is 1. The zero-order chi connectivity index (χ0) is 23.2. The average Bonchev–Trinajstić information content (AvgIpc) is 3.13. The second kappa shape index (κ2) is 10.8. The van der Waals surface area contributed by atoms with Crippen LogP contribution in [0.3, 0.4) is 0 Å². The molecule has 2 saturated heterocycles. The number of aliphatic hydroxyl groups excluding tert-OH is 1. The van der Waals surface area contributed by atoms with Gasteiger partial charge in [-0.1, -0.05) is 60.7 Å². The molecular formula is C26H32N2O5. The minimum atomic E-state index is -0.557. The SMILES string of the molecule is COC(=O)[C@@H](N[C@@H](CO)c1ccccc1)C1CC2CCC(C1)N2C(=O)OCc1ccccc1. The van der Waals surface area contributed by atoms with Crippen molar-refractivity contribution in [2.24, 2.45) is 5.92 Å². The Morgan fingerprint density at radius 2 is 1.64 bits per heavy atom. The quantitative estimate of drug-likeness (QED) is 0.597. The van der Waals surface area contributed by atoms with Crippen molar-refractivity contribution < 1.29 is 24.2 Å². The Hall–Kier alpha value is -2.90. The maximum absolute atomic E-state index is 12.9. The molecule has 7 nitrogen and oxygen atoms in total. The second-order valence-electron chi connectivity index (χ2n) is 8.88. The van der Waals surface area contributed by atoms with E-state index in [-0.39, 0.29) is 49.3 Å². The Balaban J connectivity index is 1.42. The molecular weight excluding hydrogens is 420 g/mol. The van der Waals surface area contributed by atoms with E-state index in [0.29, 0.717) is 12.8 Å². The fourth-order valence-corrected chi connectivity index (χ4v) is 5.26. The van der Waals surface area contributed by atoms with Crippen LogP contribution in [0.4, 0.5) is 4.79 Å². The molecule has 2 bridgehead atoms. The Morgan fingerprint density at radius 1 is 1.03 bits per heavy atom. The van der Waals surface area contributed by atoms with Crippen molar-refractivity contribution in [3.63, 3.8) is 0 Å². The highest BCUT2D eigenvalue weighted by atomic mass is 16.6. The van der Waals surface area contributed by atoms with Crippen molar-refractivity contribution in [1.82, 2.24) is 10.2 Å². The van der Waals surface area contributed by atoms with Crippen molar-refractivity contribution in [1.29, 1.82) is 0 Å². The van der Waals surface area contributed by atoms with Crippen LogP contribution in [0.15, 0.2) is 60.7 Å².